The first-order chi connectivity index (χ1) is 10.3. The zero-order valence-corrected chi connectivity index (χ0v) is 12.1. The maximum atomic E-state index is 6.05. The molecule has 0 bridgehead atoms. The van der Waals surface area contributed by atoms with Crippen molar-refractivity contribution in [3.8, 4) is 11.3 Å². The first-order valence-electron chi connectivity index (χ1n) is 7.12. The molecule has 0 amide bonds. The number of para-hydroxylation sites is 1. The molecule has 0 spiro atoms. The number of benzene rings is 2. The molecule has 0 aliphatic heterocycles. The van der Waals surface area contributed by atoms with Crippen molar-refractivity contribution in [3.63, 3.8) is 0 Å². The fourth-order valence-corrected chi connectivity index (χ4v) is 2.98. The summed E-state index contributed by atoms with van der Waals surface area (Å²) in [5.74, 6) is 0. The molecule has 21 heavy (non-hydrogen) atoms. The van der Waals surface area contributed by atoms with Crippen LogP contribution in [0.15, 0.2) is 65.1 Å². The van der Waals surface area contributed by atoms with Crippen LogP contribution in [0.25, 0.3) is 33.3 Å². The smallest absolute Gasteiger partial charge is 0.381 e. The van der Waals surface area contributed by atoms with E-state index >= 15 is 0 Å². The van der Waals surface area contributed by atoms with Crippen molar-refractivity contribution < 1.29 is 8.98 Å². The lowest BCUT2D eigenvalue weighted by atomic mass is 10.0. The molecule has 2 heterocycles. The van der Waals surface area contributed by atoms with Crippen molar-refractivity contribution in [2.24, 2.45) is 7.05 Å². The fraction of sp³-hybridized carbons (Fsp3) is 0.105. The van der Waals surface area contributed by atoms with E-state index in [4.69, 9.17) is 4.42 Å². The number of pyridine rings is 1. The third-order valence-corrected chi connectivity index (χ3v) is 4.11. The normalized spacial score (nSPS) is 11.3. The van der Waals surface area contributed by atoms with Crippen LogP contribution in [0.3, 0.4) is 0 Å². The summed E-state index contributed by atoms with van der Waals surface area (Å²) in [6.07, 6.45) is 0. The van der Waals surface area contributed by atoms with Gasteiger partial charge in [0.05, 0.1) is 5.39 Å². The third-order valence-electron chi connectivity index (χ3n) is 4.11. The molecule has 2 aromatic heterocycles. The van der Waals surface area contributed by atoms with Gasteiger partial charge in [-0.15, -0.1) is 0 Å². The average Bonchev–Trinajstić information content (AvgIpc) is 2.89. The second-order valence-corrected chi connectivity index (χ2v) is 5.41. The number of aryl methyl sites for hydroxylation is 2. The number of rotatable bonds is 1. The maximum absolute atomic E-state index is 6.05. The number of aromatic nitrogens is 1. The Bertz CT molecular complexity index is 966. The summed E-state index contributed by atoms with van der Waals surface area (Å²) in [5, 5.41) is 2.32. The number of hydrogen-bond donors (Lipinski definition) is 0. The van der Waals surface area contributed by atoms with E-state index in [1.165, 1.54) is 22.2 Å². The van der Waals surface area contributed by atoms with Gasteiger partial charge in [-0.25, -0.2) is 0 Å². The molecule has 4 aromatic rings. The Hall–Kier alpha value is -2.61. The Morgan fingerprint density at radius 1 is 0.810 bits per heavy atom. The Balaban J connectivity index is 2.07. The van der Waals surface area contributed by atoms with Crippen molar-refractivity contribution in [2.45, 2.75) is 6.92 Å². The van der Waals surface area contributed by atoms with E-state index < -0.39 is 0 Å². The molecule has 4 rings (SSSR count). The summed E-state index contributed by atoms with van der Waals surface area (Å²) in [5.41, 5.74) is 5.52. The summed E-state index contributed by atoms with van der Waals surface area (Å²) >= 11 is 0. The molecule has 0 radical (unpaired) electrons. The molecule has 2 aromatic carbocycles. The first-order valence-corrected chi connectivity index (χ1v) is 7.12. The molecule has 2 nitrogen and oxygen atoms in total. The number of hydrogen-bond acceptors (Lipinski definition) is 1. The van der Waals surface area contributed by atoms with Gasteiger partial charge >= 0.3 is 5.71 Å². The predicted molar refractivity (Wildman–Crippen MR) is 85.1 cm³/mol. The summed E-state index contributed by atoms with van der Waals surface area (Å²) in [6.45, 7) is 2.14. The highest BCUT2D eigenvalue weighted by atomic mass is 16.3. The molecule has 0 aliphatic carbocycles. The number of nitrogens with zero attached hydrogens (tertiary/aromatic N) is 1. The van der Waals surface area contributed by atoms with Crippen molar-refractivity contribution in [1.29, 1.82) is 0 Å². The SMILES string of the molecule is Cc1ccccc1-c1ccc2c3ccccc3oc2[n+]1C. The van der Waals surface area contributed by atoms with Crippen LogP contribution >= 0.6 is 0 Å². The van der Waals surface area contributed by atoms with Gasteiger partial charge in [0.1, 0.15) is 12.6 Å². The van der Waals surface area contributed by atoms with Crippen LogP contribution in [-0.4, -0.2) is 0 Å². The van der Waals surface area contributed by atoms with Crippen LogP contribution in [-0.2, 0) is 7.05 Å². The summed E-state index contributed by atoms with van der Waals surface area (Å²) < 4.78 is 8.18. The van der Waals surface area contributed by atoms with E-state index in [0.29, 0.717) is 0 Å². The predicted octanol–water partition coefficient (Wildman–Crippen LogP) is 4.39. The fourth-order valence-electron chi connectivity index (χ4n) is 2.98. The monoisotopic (exact) mass is 274 g/mol. The van der Waals surface area contributed by atoms with E-state index in [1.807, 2.05) is 18.2 Å². The molecule has 0 N–H and O–H groups in total. The van der Waals surface area contributed by atoms with Gasteiger partial charge in [-0.05, 0) is 30.7 Å². The quantitative estimate of drug-likeness (QED) is 0.471. The van der Waals surface area contributed by atoms with Gasteiger partial charge in [-0.2, -0.15) is 4.57 Å². The zero-order chi connectivity index (χ0) is 14.4. The molecule has 0 fully saturated rings. The highest BCUT2D eigenvalue weighted by Gasteiger charge is 2.20. The van der Waals surface area contributed by atoms with Crippen LogP contribution in [0.2, 0.25) is 0 Å². The highest BCUT2D eigenvalue weighted by Crippen LogP contribution is 2.29. The molecular formula is C19H16NO+. The van der Waals surface area contributed by atoms with Crippen molar-refractivity contribution >= 4 is 22.1 Å². The summed E-state index contributed by atoms with van der Waals surface area (Å²) in [7, 11) is 2.06. The van der Waals surface area contributed by atoms with Gasteiger partial charge in [-0.3, -0.25) is 0 Å². The number of fused-ring (bicyclic) bond motifs is 3. The van der Waals surface area contributed by atoms with Crippen molar-refractivity contribution in [3.05, 3.63) is 66.2 Å². The molecular weight excluding hydrogens is 258 g/mol. The van der Waals surface area contributed by atoms with Gasteiger partial charge in [0.25, 0.3) is 0 Å². The minimum absolute atomic E-state index is 0.914. The highest BCUT2D eigenvalue weighted by molar-refractivity contribution is 6.02. The molecule has 102 valence electrons. The molecule has 0 saturated carbocycles. The molecule has 0 unspecified atom stereocenters. The molecule has 0 saturated heterocycles. The van der Waals surface area contributed by atoms with Gasteiger partial charge < -0.3 is 4.42 Å². The summed E-state index contributed by atoms with van der Waals surface area (Å²) in [4.78, 5) is 0. The minimum Gasteiger partial charge on any atom is -0.404 e. The van der Waals surface area contributed by atoms with Gasteiger partial charge in [0.15, 0.2) is 0 Å². The molecule has 0 aliphatic rings. The average molecular weight is 274 g/mol. The van der Waals surface area contributed by atoms with Crippen LogP contribution in [0.5, 0.6) is 0 Å². The van der Waals surface area contributed by atoms with E-state index in [2.05, 4.69) is 61.0 Å². The molecule has 0 atom stereocenters. The van der Waals surface area contributed by atoms with Gasteiger partial charge in [0.2, 0.25) is 5.69 Å². The second-order valence-electron chi connectivity index (χ2n) is 5.41. The van der Waals surface area contributed by atoms with Gasteiger partial charge in [0, 0.05) is 17.0 Å². The maximum Gasteiger partial charge on any atom is 0.381 e. The van der Waals surface area contributed by atoms with Crippen LogP contribution in [0, 0.1) is 6.92 Å². The molecule has 2 heteroatoms. The zero-order valence-electron chi connectivity index (χ0n) is 12.1. The minimum atomic E-state index is 0.914. The standard InChI is InChI=1S/C19H16NO/c1-13-7-3-4-8-14(13)17-12-11-16-15-9-5-6-10-18(15)21-19(16)20(17)2/h3-12H,1-2H3/q+1. The van der Waals surface area contributed by atoms with E-state index in [1.54, 1.807) is 0 Å². The van der Waals surface area contributed by atoms with Crippen LogP contribution in [0.1, 0.15) is 5.56 Å². The van der Waals surface area contributed by atoms with Crippen LogP contribution in [0.4, 0.5) is 0 Å². The lowest BCUT2D eigenvalue weighted by molar-refractivity contribution is -0.640. The number of furan rings is 1. The van der Waals surface area contributed by atoms with E-state index in [-0.39, 0.29) is 0 Å². The van der Waals surface area contributed by atoms with E-state index in [0.717, 1.165) is 16.7 Å². The topological polar surface area (TPSA) is 17.0 Å². The second kappa shape index (κ2) is 4.45. The van der Waals surface area contributed by atoms with Gasteiger partial charge in [-0.1, -0.05) is 36.4 Å². The first kappa shape index (κ1) is 12.2. The Kier molecular flexibility index (Phi) is 2.58. The Morgan fingerprint density at radius 2 is 1.57 bits per heavy atom. The van der Waals surface area contributed by atoms with E-state index in [9.17, 15) is 0 Å². The van der Waals surface area contributed by atoms with Crippen molar-refractivity contribution in [2.75, 3.05) is 0 Å². The third kappa shape index (κ3) is 1.76. The van der Waals surface area contributed by atoms with Crippen LogP contribution < -0.4 is 4.57 Å². The lowest BCUT2D eigenvalue weighted by Gasteiger charge is -2.03. The largest absolute Gasteiger partial charge is 0.404 e. The van der Waals surface area contributed by atoms with Crippen molar-refractivity contribution in [1.82, 2.24) is 0 Å². The Labute approximate surface area is 123 Å². The Morgan fingerprint density at radius 3 is 2.43 bits per heavy atom. The summed E-state index contributed by atoms with van der Waals surface area (Å²) in [6, 6.07) is 20.9. The lowest BCUT2D eigenvalue weighted by Crippen LogP contribution is -2.31.